The number of hydrogen-bond donors (Lipinski definition) is 4. The number of amides is 3. The predicted molar refractivity (Wildman–Crippen MR) is 114 cm³/mol. The third-order valence-corrected chi connectivity index (χ3v) is 7.33. The van der Waals surface area contributed by atoms with Crippen LogP contribution in [0.15, 0.2) is 48.5 Å². The molecule has 2 aliphatic heterocycles. The van der Waals surface area contributed by atoms with E-state index in [2.05, 4.69) is 10.6 Å². The molecule has 1 fully saturated rings. The third-order valence-electron chi connectivity index (χ3n) is 5.43. The fourth-order valence-electron chi connectivity index (χ4n) is 3.78. The minimum absolute atomic E-state index is 0.104. The standard InChI is InChI=1S/C21H25N3O4S/c25-20(22-11-15-9-10-29(27,28)14-15)16-5-7-19(8-6-16)23-21(26)24-12-17-3-1-2-4-18(17)13-24/h1-8,15,27-28H,9-14H2,(H,22,25)(H,23,26). The fraction of sp³-hybridized carbons (Fsp3) is 0.333. The van der Waals surface area contributed by atoms with Crippen molar-refractivity contribution >= 4 is 28.2 Å². The number of rotatable bonds is 4. The molecule has 154 valence electrons. The van der Waals surface area contributed by atoms with Crippen LogP contribution in [-0.4, -0.2) is 44.0 Å². The zero-order valence-electron chi connectivity index (χ0n) is 16.0. The largest absolute Gasteiger partial charge is 0.352 e. The van der Waals surface area contributed by atoms with Gasteiger partial charge in [0.1, 0.15) is 0 Å². The normalized spacial score (nSPS) is 20.8. The maximum Gasteiger partial charge on any atom is 0.322 e. The lowest BCUT2D eigenvalue weighted by Crippen LogP contribution is -2.30. The Labute approximate surface area is 171 Å². The second kappa shape index (κ2) is 8.06. The van der Waals surface area contributed by atoms with Crippen molar-refractivity contribution in [2.75, 3.05) is 23.4 Å². The number of hydrogen-bond acceptors (Lipinski definition) is 4. The topological polar surface area (TPSA) is 102 Å². The predicted octanol–water partition coefficient (Wildman–Crippen LogP) is 3.73. The summed E-state index contributed by atoms with van der Waals surface area (Å²) in [5.41, 5.74) is 3.46. The van der Waals surface area contributed by atoms with E-state index in [1.807, 2.05) is 24.3 Å². The molecule has 0 radical (unpaired) electrons. The Balaban J connectivity index is 1.28. The maximum atomic E-state index is 12.5. The molecule has 7 nitrogen and oxygen atoms in total. The molecule has 1 atom stereocenters. The van der Waals surface area contributed by atoms with Gasteiger partial charge in [0, 0.05) is 42.4 Å². The molecule has 0 aliphatic carbocycles. The van der Waals surface area contributed by atoms with Crippen LogP contribution >= 0.6 is 10.6 Å². The molecule has 0 spiro atoms. The molecule has 2 aliphatic rings. The van der Waals surface area contributed by atoms with Crippen LogP contribution in [0, 0.1) is 5.92 Å². The van der Waals surface area contributed by atoms with E-state index in [9.17, 15) is 18.7 Å². The van der Waals surface area contributed by atoms with Crippen LogP contribution in [0.25, 0.3) is 0 Å². The van der Waals surface area contributed by atoms with Crippen molar-refractivity contribution in [1.29, 1.82) is 0 Å². The van der Waals surface area contributed by atoms with Gasteiger partial charge in [-0.2, -0.15) is 10.6 Å². The first-order chi connectivity index (χ1) is 13.9. The molecule has 0 aromatic heterocycles. The first-order valence-electron chi connectivity index (χ1n) is 9.64. The highest BCUT2D eigenvalue weighted by molar-refractivity contribution is 8.24. The van der Waals surface area contributed by atoms with Gasteiger partial charge in [0.2, 0.25) is 0 Å². The van der Waals surface area contributed by atoms with Gasteiger partial charge in [0.15, 0.2) is 0 Å². The molecule has 1 saturated heterocycles. The molecule has 29 heavy (non-hydrogen) atoms. The summed E-state index contributed by atoms with van der Waals surface area (Å²) in [6.45, 7) is 1.62. The van der Waals surface area contributed by atoms with E-state index in [-0.39, 0.29) is 17.9 Å². The van der Waals surface area contributed by atoms with Gasteiger partial charge in [-0.05, 0) is 47.7 Å². The van der Waals surface area contributed by atoms with Gasteiger partial charge in [0.25, 0.3) is 5.91 Å². The van der Waals surface area contributed by atoms with E-state index >= 15 is 0 Å². The van der Waals surface area contributed by atoms with Crippen molar-refractivity contribution in [2.24, 2.45) is 5.92 Å². The summed E-state index contributed by atoms with van der Waals surface area (Å²) in [6.07, 6.45) is 0.716. The number of anilines is 1. The first-order valence-corrected chi connectivity index (χ1v) is 11.5. The van der Waals surface area contributed by atoms with Crippen LogP contribution < -0.4 is 10.6 Å². The molecule has 0 saturated carbocycles. The lowest BCUT2D eigenvalue weighted by atomic mass is 10.1. The molecular weight excluding hydrogens is 390 g/mol. The molecule has 2 aromatic carbocycles. The van der Waals surface area contributed by atoms with Crippen LogP contribution in [0.5, 0.6) is 0 Å². The zero-order valence-corrected chi connectivity index (χ0v) is 16.8. The smallest absolute Gasteiger partial charge is 0.322 e. The van der Waals surface area contributed by atoms with Crippen molar-refractivity contribution in [2.45, 2.75) is 19.5 Å². The quantitative estimate of drug-likeness (QED) is 0.611. The summed E-state index contributed by atoms with van der Waals surface area (Å²) < 4.78 is 19.3. The molecule has 0 bridgehead atoms. The monoisotopic (exact) mass is 415 g/mol. The Morgan fingerprint density at radius 2 is 1.69 bits per heavy atom. The summed E-state index contributed by atoms with van der Waals surface area (Å²) in [7, 11) is -2.45. The van der Waals surface area contributed by atoms with E-state index in [1.54, 1.807) is 29.2 Å². The fourth-order valence-corrected chi connectivity index (χ4v) is 5.70. The number of nitrogens with one attached hydrogen (secondary N) is 2. The molecule has 2 heterocycles. The van der Waals surface area contributed by atoms with Crippen LogP contribution in [0.2, 0.25) is 0 Å². The summed E-state index contributed by atoms with van der Waals surface area (Å²) in [5, 5.41) is 5.72. The van der Waals surface area contributed by atoms with Crippen LogP contribution in [0.4, 0.5) is 10.5 Å². The Kier molecular flexibility index (Phi) is 5.49. The molecule has 2 aromatic rings. The Hall–Kier alpha value is -2.55. The molecule has 8 heteroatoms. The van der Waals surface area contributed by atoms with Gasteiger partial charge >= 0.3 is 6.03 Å². The lowest BCUT2D eigenvalue weighted by molar-refractivity contribution is 0.0948. The first kappa shape index (κ1) is 19.8. The minimum atomic E-state index is -2.45. The summed E-state index contributed by atoms with van der Waals surface area (Å²) in [5.74, 6) is 0.677. The van der Waals surface area contributed by atoms with E-state index < -0.39 is 10.6 Å². The lowest BCUT2D eigenvalue weighted by Gasteiger charge is -2.26. The van der Waals surface area contributed by atoms with E-state index in [0.717, 1.165) is 11.1 Å². The number of urea groups is 1. The number of carbonyl (C=O) groups excluding carboxylic acids is 2. The van der Waals surface area contributed by atoms with Gasteiger partial charge in [0.05, 0.1) is 0 Å². The number of carbonyl (C=O) groups is 2. The van der Waals surface area contributed by atoms with Crippen LogP contribution in [0.1, 0.15) is 27.9 Å². The summed E-state index contributed by atoms with van der Waals surface area (Å²) >= 11 is 0. The molecule has 4 rings (SSSR count). The minimum Gasteiger partial charge on any atom is -0.352 e. The Bertz CT molecular complexity index is 891. The van der Waals surface area contributed by atoms with Crippen LogP contribution in [0.3, 0.4) is 0 Å². The molecular formula is C21H25N3O4S. The van der Waals surface area contributed by atoms with Gasteiger partial charge in [-0.25, -0.2) is 4.79 Å². The van der Waals surface area contributed by atoms with Gasteiger partial charge in [-0.15, -0.1) is 0 Å². The molecule has 1 unspecified atom stereocenters. The molecule has 4 N–H and O–H groups in total. The number of nitrogens with zero attached hydrogens (tertiary/aromatic N) is 1. The summed E-state index contributed by atoms with van der Waals surface area (Å²) in [4.78, 5) is 26.6. The SMILES string of the molecule is O=C(NCC1CCS(O)(O)C1)c1ccc(NC(=O)N2Cc3ccccc3C2)cc1. The Morgan fingerprint density at radius 1 is 1.03 bits per heavy atom. The van der Waals surface area contributed by atoms with Crippen LogP contribution in [-0.2, 0) is 13.1 Å². The second-order valence-electron chi connectivity index (χ2n) is 7.67. The number of benzene rings is 2. The maximum absolute atomic E-state index is 12.5. The zero-order chi connectivity index (χ0) is 20.4. The van der Waals surface area contributed by atoms with Crippen molar-refractivity contribution < 1.29 is 18.7 Å². The summed E-state index contributed by atoms with van der Waals surface area (Å²) in [6, 6.07) is 14.6. The second-order valence-corrected chi connectivity index (χ2v) is 10.0. The van der Waals surface area contributed by atoms with Gasteiger partial charge < -0.3 is 15.5 Å². The van der Waals surface area contributed by atoms with Crippen molar-refractivity contribution in [3.8, 4) is 0 Å². The number of fused-ring (bicyclic) bond motifs is 1. The highest BCUT2D eigenvalue weighted by atomic mass is 32.3. The highest BCUT2D eigenvalue weighted by Crippen LogP contribution is 2.48. The van der Waals surface area contributed by atoms with E-state index in [1.165, 1.54) is 0 Å². The average Bonchev–Trinajstić information content (AvgIpc) is 3.29. The van der Waals surface area contributed by atoms with Gasteiger partial charge in [-0.3, -0.25) is 13.9 Å². The Morgan fingerprint density at radius 3 is 2.28 bits per heavy atom. The third kappa shape index (κ3) is 4.72. The molecule has 3 amide bonds. The van der Waals surface area contributed by atoms with Crippen molar-refractivity contribution in [1.82, 2.24) is 10.2 Å². The van der Waals surface area contributed by atoms with Crippen molar-refractivity contribution in [3.05, 3.63) is 65.2 Å². The van der Waals surface area contributed by atoms with Crippen molar-refractivity contribution in [3.63, 3.8) is 0 Å². The van der Waals surface area contributed by atoms with E-state index in [4.69, 9.17) is 0 Å². The van der Waals surface area contributed by atoms with E-state index in [0.29, 0.717) is 48.8 Å². The highest BCUT2D eigenvalue weighted by Gasteiger charge is 2.28. The van der Waals surface area contributed by atoms with Gasteiger partial charge in [-0.1, -0.05) is 24.3 Å². The average molecular weight is 416 g/mol.